The molecular weight excluding hydrogens is 724 g/mol. The summed E-state index contributed by atoms with van der Waals surface area (Å²) in [6.07, 6.45) is 5.81. The van der Waals surface area contributed by atoms with Crippen LogP contribution in [0, 0.1) is 0 Å². The summed E-state index contributed by atoms with van der Waals surface area (Å²) in [5.74, 6) is 0. The maximum absolute atomic E-state index is 3.86. The summed E-state index contributed by atoms with van der Waals surface area (Å²) in [4.78, 5) is 8.75. The van der Waals surface area contributed by atoms with Crippen molar-refractivity contribution in [2.75, 3.05) is 75.0 Å². The van der Waals surface area contributed by atoms with Gasteiger partial charge in [-0.3, -0.25) is 0 Å². The molecular formula is C40H50Br2N4Si. The number of rotatable bonds is 10. The van der Waals surface area contributed by atoms with Gasteiger partial charge in [0, 0.05) is 87.1 Å². The van der Waals surface area contributed by atoms with Gasteiger partial charge in [-0.1, -0.05) is 81.4 Å². The van der Waals surface area contributed by atoms with Crippen molar-refractivity contribution in [2.24, 2.45) is 0 Å². The van der Waals surface area contributed by atoms with Gasteiger partial charge in [0.1, 0.15) is 8.07 Å². The Bertz CT molecular complexity index is 1730. The van der Waals surface area contributed by atoms with Crippen LogP contribution in [0.25, 0.3) is 0 Å². The third-order valence-corrected chi connectivity index (χ3v) is 14.2. The number of fused-ring (bicyclic) bond motifs is 2. The summed E-state index contributed by atoms with van der Waals surface area (Å²) < 4.78 is 2.28. The number of halogens is 2. The zero-order valence-corrected chi connectivity index (χ0v) is 33.5. The van der Waals surface area contributed by atoms with E-state index in [2.05, 4.69) is 193 Å². The highest BCUT2D eigenvalue weighted by Gasteiger charge is 2.35. The first-order chi connectivity index (χ1) is 22.3. The van der Waals surface area contributed by atoms with E-state index in [1.54, 1.807) is 10.4 Å². The second kappa shape index (κ2) is 15.8. The summed E-state index contributed by atoms with van der Waals surface area (Å²) in [6, 6.07) is 27.0. The van der Waals surface area contributed by atoms with E-state index in [0.29, 0.717) is 0 Å². The fourth-order valence-corrected chi connectivity index (χ4v) is 10.4. The maximum Gasteiger partial charge on any atom is 0.113 e. The minimum absolute atomic E-state index is 0.837. The molecule has 1 aliphatic rings. The minimum Gasteiger partial charge on any atom is -0.378 e. The van der Waals surface area contributed by atoms with Crippen LogP contribution in [0.2, 0.25) is 13.1 Å². The summed E-state index contributed by atoms with van der Waals surface area (Å²) in [5.41, 5.74) is 10.6. The van der Waals surface area contributed by atoms with Gasteiger partial charge in [0.25, 0.3) is 0 Å². The van der Waals surface area contributed by atoms with Gasteiger partial charge >= 0.3 is 0 Å². The first kappa shape index (κ1) is 36.6. The van der Waals surface area contributed by atoms with E-state index < -0.39 is 8.07 Å². The molecule has 0 fully saturated rings. The van der Waals surface area contributed by atoms with Crippen LogP contribution in [0.5, 0.6) is 0 Å². The number of anilines is 4. The fourth-order valence-electron chi connectivity index (χ4n) is 6.14. The van der Waals surface area contributed by atoms with Crippen molar-refractivity contribution in [3.8, 4) is 0 Å². The van der Waals surface area contributed by atoms with Crippen LogP contribution in [0.4, 0.5) is 22.7 Å². The monoisotopic (exact) mass is 772 g/mol. The quantitative estimate of drug-likeness (QED) is 0.118. The Morgan fingerprint density at radius 2 is 0.979 bits per heavy atom. The first-order valence-corrected chi connectivity index (χ1v) is 20.7. The summed E-state index contributed by atoms with van der Waals surface area (Å²) >= 11 is 7.40. The number of hydrogen-bond acceptors (Lipinski definition) is 4. The molecule has 5 rings (SSSR count). The third kappa shape index (κ3) is 8.61. The lowest BCUT2D eigenvalue weighted by Gasteiger charge is -2.35. The SMILES string of the molecule is C=CCN(C)c1ccc(Cc2ccc(N(C)C)cc2Br)c(Br)c1.C=CCN(C)c1ccc2c(c1)[Si](C)(C)c1cc(N(C)C)ccc1C2. The predicted molar refractivity (Wildman–Crippen MR) is 219 cm³/mol. The molecule has 4 nitrogen and oxygen atoms in total. The molecule has 1 aliphatic heterocycles. The molecule has 0 saturated carbocycles. The average molecular weight is 775 g/mol. The molecule has 4 aromatic carbocycles. The van der Waals surface area contributed by atoms with Crippen molar-refractivity contribution in [1.82, 2.24) is 0 Å². The molecule has 248 valence electrons. The maximum atomic E-state index is 3.86. The van der Waals surface area contributed by atoms with Crippen molar-refractivity contribution < 1.29 is 0 Å². The molecule has 0 aromatic heterocycles. The van der Waals surface area contributed by atoms with Crippen LogP contribution >= 0.6 is 31.9 Å². The molecule has 4 aromatic rings. The van der Waals surface area contributed by atoms with Gasteiger partial charge in [0.2, 0.25) is 0 Å². The average Bonchev–Trinajstić information content (AvgIpc) is 3.03. The second-order valence-corrected chi connectivity index (χ2v) is 19.4. The number of likely N-dealkylation sites (N-methyl/N-ethyl adjacent to an activating group) is 2. The van der Waals surface area contributed by atoms with Crippen molar-refractivity contribution >= 4 is 73.1 Å². The molecule has 0 N–H and O–H groups in total. The topological polar surface area (TPSA) is 13.0 Å². The smallest absolute Gasteiger partial charge is 0.113 e. The molecule has 0 saturated heterocycles. The highest BCUT2D eigenvalue weighted by molar-refractivity contribution is 9.10. The van der Waals surface area contributed by atoms with Gasteiger partial charge in [0.15, 0.2) is 0 Å². The summed E-state index contributed by atoms with van der Waals surface area (Å²) in [7, 11) is 10.9. The Labute approximate surface area is 301 Å². The molecule has 7 heteroatoms. The predicted octanol–water partition coefficient (Wildman–Crippen LogP) is 8.59. The van der Waals surface area contributed by atoms with E-state index in [-0.39, 0.29) is 0 Å². The lowest BCUT2D eigenvalue weighted by Crippen LogP contribution is -2.58. The molecule has 1 heterocycles. The van der Waals surface area contributed by atoms with E-state index in [1.807, 2.05) is 12.2 Å². The van der Waals surface area contributed by atoms with E-state index in [0.717, 1.165) is 34.9 Å². The van der Waals surface area contributed by atoms with Crippen LogP contribution in [0.15, 0.2) is 107 Å². The first-order valence-electron chi connectivity index (χ1n) is 16.1. The highest BCUT2D eigenvalue weighted by Crippen LogP contribution is 2.30. The fraction of sp³-hybridized carbons (Fsp3) is 0.300. The van der Waals surface area contributed by atoms with Crippen LogP contribution in [-0.2, 0) is 12.8 Å². The Kier molecular flexibility index (Phi) is 12.3. The van der Waals surface area contributed by atoms with Crippen LogP contribution in [-0.4, -0.2) is 63.4 Å². The molecule has 47 heavy (non-hydrogen) atoms. The van der Waals surface area contributed by atoms with Crippen molar-refractivity contribution in [2.45, 2.75) is 25.9 Å². The Morgan fingerprint density at radius 3 is 1.45 bits per heavy atom. The third-order valence-electron chi connectivity index (χ3n) is 9.09. The summed E-state index contributed by atoms with van der Waals surface area (Å²) in [5, 5.41) is 3.17. The Morgan fingerprint density at radius 1 is 0.596 bits per heavy atom. The molecule has 0 amide bonds. The molecule has 0 radical (unpaired) electrons. The van der Waals surface area contributed by atoms with E-state index in [9.17, 15) is 0 Å². The second-order valence-electron chi connectivity index (χ2n) is 13.3. The molecule has 0 spiro atoms. The normalized spacial score (nSPS) is 12.6. The number of benzene rings is 4. The Hall–Kier alpha value is -3.26. The number of nitrogens with zero attached hydrogens (tertiary/aromatic N) is 4. The van der Waals surface area contributed by atoms with Crippen molar-refractivity contribution in [3.63, 3.8) is 0 Å². The molecule has 0 bridgehead atoms. The van der Waals surface area contributed by atoms with Crippen LogP contribution < -0.4 is 30.0 Å². The van der Waals surface area contributed by atoms with Crippen molar-refractivity contribution in [1.29, 1.82) is 0 Å². The van der Waals surface area contributed by atoms with Crippen LogP contribution in [0.1, 0.15) is 22.3 Å². The minimum atomic E-state index is -1.69. The van der Waals surface area contributed by atoms with Gasteiger partial charge in [-0.15, -0.1) is 13.2 Å². The van der Waals surface area contributed by atoms with E-state index in [4.69, 9.17) is 0 Å². The molecule has 0 atom stereocenters. The largest absolute Gasteiger partial charge is 0.378 e. The van der Waals surface area contributed by atoms with E-state index >= 15 is 0 Å². The lowest BCUT2D eigenvalue weighted by molar-refractivity contribution is 1.03. The van der Waals surface area contributed by atoms with Crippen molar-refractivity contribution in [3.05, 3.63) is 129 Å². The van der Waals surface area contributed by atoms with Crippen LogP contribution in [0.3, 0.4) is 0 Å². The zero-order chi connectivity index (χ0) is 34.5. The Balaban J connectivity index is 0.000000213. The lowest BCUT2D eigenvalue weighted by atomic mass is 10.0. The zero-order valence-electron chi connectivity index (χ0n) is 29.4. The van der Waals surface area contributed by atoms with Gasteiger partial charge in [-0.25, -0.2) is 0 Å². The summed E-state index contributed by atoms with van der Waals surface area (Å²) in [6.45, 7) is 14.3. The van der Waals surface area contributed by atoms with Gasteiger partial charge in [-0.2, -0.15) is 0 Å². The standard InChI is InChI=1S/C21H28N2Si.C19H22Br2N2/c1-7-12-23(4)19-11-9-17-13-16-8-10-18(22(2)3)14-20(16)24(5,6)21(17)15-19;1-5-10-23(4)17-9-7-15(19(21)13-17)11-14-6-8-16(22(2)3)12-18(14)20/h7-11,14-15H,1,12-13H2,2-6H3;5-9,12-13H,1,10-11H2,2-4H3. The van der Waals surface area contributed by atoms with Gasteiger partial charge in [-0.05, 0) is 94.0 Å². The van der Waals surface area contributed by atoms with Gasteiger partial charge < -0.3 is 19.6 Å². The van der Waals surface area contributed by atoms with E-state index in [1.165, 1.54) is 45.0 Å². The molecule has 0 unspecified atom stereocenters. The van der Waals surface area contributed by atoms with Gasteiger partial charge in [0.05, 0.1) is 0 Å². The number of hydrogen-bond donors (Lipinski definition) is 0. The molecule has 0 aliphatic carbocycles. The highest BCUT2D eigenvalue weighted by atomic mass is 79.9.